The molecule has 0 heterocycles. The summed E-state index contributed by atoms with van der Waals surface area (Å²) in [4.78, 5) is 0. The maximum atomic E-state index is 7.66. The fourth-order valence-corrected chi connectivity index (χ4v) is 19.5. The third kappa shape index (κ3) is 7.00. The van der Waals surface area contributed by atoms with E-state index in [-0.39, 0.29) is 21.7 Å². The average molecular weight is 701 g/mol. The summed E-state index contributed by atoms with van der Waals surface area (Å²) in [5, 5.41) is 1.17. The predicted octanol–water partition coefficient (Wildman–Crippen LogP) is 12.8. The SMILES string of the molecule is CC(C)(C)C1=CCC(C(C)(C)C)=[C]1[Zr]([O]c1ccccc1Cl)([O]c1ccccc1Cl)[C]1=C(C(C)(C)C)CC=C1C(C)(C)C. The Balaban J connectivity index is 2.29. The van der Waals surface area contributed by atoms with E-state index in [2.05, 4.69) is 95.2 Å². The number of rotatable bonds is 6. The van der Waals surface area contributed by atoms with Gasteiger partial charge in [0.05, 0.1) is 0 Å². The summed E-state index contributed by atoms with van der Waals surface area (Å²) in [6, 6.07) is 15.7. The summed E-state index contributed by atoms with van der Waals surface area (Å²) in [6.07, 6.45) is 6.60. The van der Waals surface area contributed by atoms with Crippen LogP contribution in [0.25, 0.3) is 0 Å². The first-order valence-corrected chi connectivity index (χ1v) is 20.7. The van der Waals surface area contributed by atoms with Crippen molar-refractivity contribution >= 4 is 23.2 Å². The third-order valence-corrected chi connectivity index (χ3v) is 17.6. The van der Waals surface area contributed by atoms with Crippen LogP contribution in [-0.4, -0.2) is 0 Å². The molecule has 0 spiro atoms. The molecule has 4 rings (SSSR count). The number of para-hydroxylation sites is 2. The normalized spacial score (nSPS) is 17.0. The molecule has 0 saturated heterocycles. The van der Waals surface area contributed by atoms with Gasteiger partial charge < -0.3 is 0 Å². The van der Waals surface area contributed by atoms with E-state index in [1.807, 2.05) is 48.5 Å². The van der Waals surface area contributed by atoms with Gasteiger partial charge in [-0.05, 0) is 0 Å². The summed E-state index contributed by atoms with van der Waals surface area (Å²) in [6.45, 7) is 27.7. The first kappa shape index (κ1) is 34.3. The number of allylic oxidation sites excluding steroid dienone is 8. The van der Waals surface area contributed by atoms with Crippen molar-refractivity contribution in [1.29, 1.82) is 0 Å². The summed E-state index contributed by atoms with van der Waals surface area (Å²) < 4.78 is 17.9. The van der Waals surface area contributed by atoms with E-state index in [0.717, 1.165) is 12.8 Å². The van der Waals surface area contributed by atoms with Crippen LogP contribution in [0.15, 0.2) is 89.5 Å². The summed E-state index contributed by atoms with van der Waals surface area (Å²) in [7, 11) is 0. The van der Waals surface area contributed by atoms with Gasteiger partial charge in [0.2, 0.25) is 0 Å². The minimum atomic E-state index is -4.90. The topological polar surface area (TPSA) is 18.5 Å². The molecule has 0 bridgehead atoms. The van der Waals surface area contributed by atoms with E-state index in [1.54, 1.807) is 0 Å². The van der Waals surface area contributed by atoms with Crippen LogP contribution in [0.5, 0.6) is 11.5 Å². The number of hydrogen-bond acceptors (Lipinski definition) is 2. The van der Waals surface area contributed by atoms with Crippen LogP contribution < -0.4 is 5.63 Å². The molecule has 0 aliphatic heterocycles. The van der Waals surface area contributed by atoms with Gasteiger partial charge in [0.1, 0.15) is 0 Å². The molecule has 0 atom stereocenters. The Morgan fingerprint density at radius 1 is 0.512 bits per heavy atom. The molecule has 0 fully saturated rings. The molecule has 2 aliphatic carbocycles. The van der Waals surface area contributed by atoms with Crippen molar-refractivity contribution in [3.8, 4) is 11.5 Å². The van der Waals surface area contributed by atoms with Crippen molar-refractivity contribution < 1.29 is 26.8 Å². The third-order valence-electron chi connectivity index (χ3n) is 8.43. The second-order valence-corrected chi connectivity index (χ2v) is 23.3. The molecule has 5 heteroatoms. The van der Waals surface area contributed by atoms with Crippen molar-refractivity contribution in [1.82, 2.24) is 0 Å². The molecular formula is C38H50Cl2O2Zr. The van der Waals surface area contributed by atoms with Gasteiger partial charge in [-0.1, -0.05) is 0 Å². The van der Waals surface area contributed by atoms with E-state index < -0.39 is 21.1 Å². The van der Waals surface area contributed by atoms with Crippen molar-refractivity contribution in [2.75, 3.05) is 0 Å². The van der Waals surface area contributed by atoms with Gasteiger partial charge in [-0.2, -0.15) is 0 Å². The van der Waals surface area contributed by atoms with Gasteiger partial charge in [0.25, 0.3) is 0 Å². The average Bonchev–Trinajstić information content (AvgIpc) is 3.52. The van der Waals surface area contributed by atoms with Gasteiger partial charge in [-0.25, -0.2) is 0 Å². The van der Waals surface area contributed by atoms with Crippen molar-refractivity contribution in [3.63, 3.8) is 0 Å². The molecule has 0 saturated carbocycles. The molecule has 0 radical (unpaired) electrons. The molecule has 232 valence electrons. The fourth-order valence-electron chi connectivity index (χ4n) is 6.33. The molecule has 2 aromatic carbocycles. The molecule has 0 unspecified atom stereocenters. The summed E-state index contributed by atoms with van der Waals surface area (Å²) in [5.74, 6) is 1.32. The standard InChI is InChI=1S/2C13H21.2C6H5ClO.Zr/c2*1-12(2,3)10-7-8-11(9-10)13(4,5)6;2*7-5-3-1-2-4-6(5)8;/h2*7H,8H2,1-6H3;2*1-4,8H;/q;;;;+2/p-2. The number of hydrogen-bond donors (Lipinski definition) is 0. The van der Waals surface area contributed by atoms with E-state index in [9.17, 15) is 0 Å². The molecule has 2 nitrogen and oxygen atoms in total. The van der Waals surface area contributed by atoms with Crippen LogP contribution >= 0.6 is 23.2 Å². The van der Waals surface area contributed by atoms with Gasteiger partial charge in [-0.3, -0.25) is 0 Å². The van der Waals surface area contributed by atoms with E-state index in [0.29, 0.717) is 21.5 Å². The zero-order valence-electron chi connectivity index (χ0n) is 28.3. The van der Waals surface area contributed by atoms with Crippen LogP contribution in [0.2, 0.25) is 10.0 Å². The zero-order chi connectivity index (χ0) is 32.2. The first-order valence-electron chi connectivity index (χ1n) is 15.5. The van der Waals surface area contributed by atoms with Crippen LogP contribution in [0.1, 0.15) is 95.9 Å². The maximum absolute atomic E-state index is 7.66. The predicted molar refractivity (Wildman–Crippen MR) is 181 cm³/mol. The molecular weight excluding hydrogens is 651 g/mol. The zero-order valence-corrected chi connectivity index (χ0v) is 32.2. The monoisotopic (exact) mass is 698 g/mol. The number of halogens is 2. The van der Waals surface area contributed by atoms with Crippen molar-refractivity contribution in [2.45, 2.75) is 95.9 Å². The Hall–Kier alpha value is -1.54. The van der Waals surface area contributed by atoms with Gasteiger partial charge in [0, 0.05) is 0 Å². The van der Waals surface area contributed by atoms with E-state index in [1.165, 1.54) is 28.9 Å². The van der Waals surface area contributed by atoms with Crippen LogP contribution in [-0.2, 0) is 21.1 Å². The summed E-state index contributed by atoms with van der Waals surface area (Å²) in [5.41, 5.74) is 4.90. The Morgan fingerprint density at radius 3 is 1.12 bits per heavy atom. The number of benzene rings is 2. The van der Waals surface area contributed by atoms with Crippen LogP contribution in [0.4, 0.5) is 0 Å². The van der Waals surface area contributed by atoms with Crippen LogP contribution in [0, 0.1) is 21.7 Å². The second-order valence-electron chi connectivity index (χ2n) is 16.0. The van der Waals surface area contributed by atoms with Gasteiger partial charge in [0.15, 0.2) is 0 Å². The van der Waals surface area contributed by atoms with Gasteiger partial charge in [-0.15, -0.1) is 0 Å². The minimum absolute atomic E-state index is 0.110. The molecule has 2 aromatic rings. The Bertz CT molecular complexity index is 1400. The van der Waals surface area contributed by atoms with Crippen molar-refractivity contribution in [3.05, 3.63) is 99.6 Å². The van der Waals surface area contributed by atoms with Crippen LogP contribution in [0.3, 0.4) is 0 Å². The second kappa shape index (κ2) is 12.0. The Kier molecular flexibility index (Phi) is 9.58. The first-order chi connectivity index (χ1) is 19.7. The fraction of sp³-hybridized carbons (Fsp3) is 0.474. The van der Waals surface area contributed by atoms with E-state index >= 15 is 0 Å². The molecule has 0 aromatic heterocycles. The van der Waals surface area contributed by atoms with E-state index in [4.69, 9.17) is 28.8 Å². The molecule has 43 heavy (non-hydrogen) atoms. The summed E-state index contributed by atoms with van der Waals surface area (Å²) >= 11 is 8.99. The quantitative estimate of drug-likeness (QED) is 0.299. The van der Waals surface area contributed by atoms with Gasteiger partial charge >= 0.3 is 279 Å². The molecule has 2 aliphatic rings. The molecule has 0 amide bonds. The Morgan fingerprint density at radius 2 is 0.837 bits per heavy atom. The Labute approximate surface area is 276 Å². The molecule has 0 N–H and O–H groups in total. The van der Waals surface area contributed by atoms with Crippen molar-refractivity contribution in [2.24, 2.45) is 21.7 Å².